The van der Waals surface area contributed by atoms with Crippen LogP contribution in [-0.2, 0) is 9.59 Å². The molecule has 5 heteroatoms. The van der Waals surface area contributed by atoms with Gasteiger partial charge in [-0.15, -0.1) is 0 Å². The average molecular weight is 336 g/mol. The minimum Gasteiger partial charge on any atom is -0.494 e. The van der Waals surface area contributed by atoms with Gasteiger partial charge in [0.1, 0.15) is 5.75 Å². The van der Waals surface area contributed by atoms with Gasteiger partial charge in [-0.2, -0.15) is 0 Å². The first-order valence-electron chi connectivity index (χ1n) is 8.24. The fourth-order valence-electron chi connectivity index (χ4n) is 2.84. The van der Waals surface area contributed by atoms with E-state index in [0.717, 1.165) is 18.6 Å². The Bertz CT molecular complexity index is 855. The molecular formula is C20H20N2O3. The van der Waals surface area contributed by atoms with Crippen LogP contribution >= 0.6 is 0 Å². The van der Waals surface area contributed by atoms with E-state index in [1.54, 1.807) is 18.2 Å². The van der Waals surface area contributed by atoms with Crippen molar-refractivity contribution in [2.45, 2.75) is 19.8 Å². The molecule has 0 aromatic heterocycles. The van der Waals surface area contributed by atoms with Crippen LogP contribution in [0.1, 0.15) is 25.3 Å². The van der Waals surface area contributed by atoms with E-state index in [9.17, 15) is 9.59 Å². The van der Waals surface area contributed by atoms with Crippen molar-refractivity contribution in [1.82, 2.24) is 0 Å². The van der Waals surface area contributed by atoms with E-state index in [1.165, 1.54) is 12.2 Å². The van der Waals surface area contributed by atoms with Gasteiger partial charge in [-0.1, -0.05) is 25.5 Å². The molecule has 0 aliphatic heterocycles. The van der Waals surface area contributed by atoms with Gasteiger partial charge in [0.05, 0.1) is 17.8 Å². The summed E-state index contributed by atoms with van der Waals surface area (Å²) in [6.07, 6.45) is 6.37. The second kappa shape index (κ2) is 6.81. The van der Waals surface area contributed by atoms with Crippen LogP contribution in [0.25, 0.3) is 5.57 Å². The van der Waals surface area contributed by atoms with E-state index >= 15 is 0 Å². The third-order valence-electron chi connectivity index (χ3n) is 4.19. The van der Waals surface area contributed by atoms with Crippen LogP contribution in [0.3, 0.4) is 0 Å². The van der Waals surface area contributed by atoms with E-state index in [-0.39, 0.29) is 34.1 Å². The average Bonchev–Trinajstić information content (AvgIpc) is 2.61. The van der Waals surface area contributed by atoms with Crippen molar-refractivity contribution in [1.29, 1.82) is 0 Å². The number of unbranched alkanes of at least 4 members (excludes halogenated alkanes) is 1. The molecule has 0 radical (unpaired) electrons. The van der Waals surface area contributed by atoms with Crippen LogP contribution in [0.15, 0.2) is 65.0 Å². The van der Waals surface area contributed by atoms with Crippen LogP contribution < -0.4 is 16.2 Å². The summed E-state index contributed by atoms with van der Waals surface area (Å²) in [6.45, 7) is 2.76. The number of rotatable bonds is 5. The maximum Gasteiger partial charge on any atom is 0.196 e. The molecule has 25 heavy (non-hydrogen) atoms. The number of Topliss-reactive ketones (excluding diaryl/α,β-unsaturated/α-hetero) is 1. The smallest absolute Gasteiger partial charge is 0.196 e. The second-order valence-corrected chi connectivity index (χ2v) is 5.97. The SMILES string of the molecule is CCCCOc1ccc(C2=CC(N)=C3C(=O)C=CC(N)=C3C2=O)cc1. The number of allylic oxidation sites excluding steroid dienone is 6. The molecule has 0 atom stereocenters. The Labute approximate surface area is 146 Å². The fourth-order valence-corrected chi connectivity index (χ4v) is 2.84. The van der Waals surface area contributed by atoms with Crippen molar-refractivity contribution < 1.29 is 14.3 Å². The predicted molar refractivity (Wildman–Crippen MR) is 96.4 cm³/mol. The Balaban J connectivity index is 1.93. The van der Waals surface area contributed by atoms with E-state index in [2.05, 4.69) is 6.92 Å². The summed E-state index contributed by atoms with van der Waals surface area (Å²) < 4.78 is 5.63. The number of hydrogen-bond acceptors (Lipinski definition) is 5. The van der Waals surface area contributed by atoms with E-state index in [1.807, 2.05) is 12.1 Å². The fraction of sp³-hybridized carbons (Fsp3) is 0.200. The zero-order valence-electron chi connectivity index (χ0n) is 14.0. The molecule has 1 aromatic rings. The molecule has 0 saturated carbocycles. The predicted octanol–water partition coefficient (Wildman–Crippen LogP) is 2.40. The lowest BCUT2D eigenvalue weighted by molar-refractivity contribution is -0.113. The summed E-state index contributed by atoms with van der Waals surface area (Å²) >= 11 is 0. The number of carbonyl (C=O) groups excluding carboxylic acids is 2. The molecule has 0 amide bonds. The Kier molecular flexibility index (Phi) is 4.57. The monoisotopic (exact) mass is 336 g/mol. The topological polar surface area (TPSA) is 95.4 Å². The molecule has 2 aliphatic rings. The summed E-state index contributed by atoms with van der Waals surface area (Å²) in [5, 5.41) is 0. The molecule has 0 heterocycles. The molecule has 4 N–H and O–H groups in total. The van der Waals surface area contributed by atoms with Gasteiger partial charge in [-0.3, -0.25) is 9.59 Å². The zero-order chi connectivity index (χ0) is 18.0. The Morgan fingerprint density at radius 3 is 2.36 bits per heavy atom. The molecule has 3 rings (SSSR count). The quantitative estimate of drug-likeness (QED) is 0.805. The highest BCUT2D eigenvalue weighted by atomic mass is 16.5. The Hall–Kier alpha value is -3.08. The van der Waals surface area contributed by atoms with Crippen LogP contribution in [0.4, 0.5) is 0 Å². The third kappa shape index (κ3) is 3.13. The van der Waals surface area contributed by atoms with Crippen molar-refractivity contribution in [3.05, 3.63) is 70.6 Å². The first-order valence-corrected chi connectivity index (χ1v) is 8.24. The minimum atomic E-state index is -0.301. The van der Waals surface area contributed by atoms with Gasteiger partial charge in [0.15, 0.2) is 11.6 Å². The molecule has 5 nitrogen and oxygen atoms in total. The van der Waals surface area contributed by atoms with Gasteiger partial charge in [-0.25, -0.2) is 0 Å². The summed E-state index contributed by atoms with van der Waals surface area (Å²) in [5.74, 6) is 0.156. The number of nitrogens with two attached hydrogens (primary N) is 2. The van der Waals surface area contributed by atoms with Gasteiger partial charge >= 0.3 is 0 Å². The minimum absolute atomic E-state index is 0.186. The maximum atomic E-state index is 12.8. The van der Waals surface area contributed by atoms with Crippen LogP contribution in [0.5, 0.6) is 5.75 Å². The molecular weight excluding hydrogens is 316 g/mol. The Morgan fingerprint density at radius 2 is 1.68 bits per heavy atom. The van der Waals surface area contributed by atoms with Crippen LogP contribution in [-0.4, -0.2) is 18.2 Å². The van der Waals surface area contributed by atoms with Crippen molar-refractivity contribution >= 4 is 17.1 Å². The number of ether oxygens (including phenoxy) is 1. The van der Waals surface area contributed by atoms with Crippen molar-refractivity contribution in [3.8, 4) is 5.75 Å². The zero-order valence-corrected chi connectivity index (χ0v) is 14.0. The number of ketones is 2. The number of fused-ring (bicyclic) bond motifs is 1. The number of hydrogen-bond donors (Lipinski definition) is 2. The van der Waals surface area contributed by atoms with E-state index in [4.69, 9.17) is 16.2 Å². The van der Waals surface area contributed by atoms with Gasteiger partial charge < -0.3 is 16.2 Å². The first-order chi connectivity index (χ1) is 12.0. The highest BCUT2D eigenvalue weighted by Crippen LogP contribution is 2.34. The largest absolute Gasteiger partial charge is 0.494 e. The second-order valence-electron chi connectivity index (χ2n) is 5.97. The molecule has 0 bridgehead atoms. The number of carbonyl (C=O) groups is 2. The van der Waals surface area contributed by atoms with Crippen molar-refractivity contribution in [3.63, 3.8) is 0 Å². The van der Waals surface area contributed by atoms with Crippen molar-refractivity contribution in [2.24, 2.45) is 11.5 Å². The maximum absolute atomic E-state index is 12.8. The molecule has 2 aliphatic carbocycles. The van der Waals surface area contributed by atoms with Gasteiger partial charge in [0, 0.05) is 17.0 Å². The highest BCUT2D eigenvalue weighted by molar-refractivity contribution is 6.36. The molecule has 0 unspecified atom stereocenters. The summed E-state index contributed by atoms with van der Waals surface area (Å²) in [5.41, 5.74) is 14.0. The lowest BCUT2D eigenvalue weighted by Crippen LogP contribution is -2.26. The van der Waals surface area contributed by atoms with Crippen LogP contribution in [0, 0.1) is 0 Å². The molecule has 0 saturated heterocycles. The molecule has 0 fully saturated rings. The summed E-state index contributed by atoms with van der Waals surface area (Å²) in [4.78, 5) is 24.9. The van der Waals surface area contributed by atoms with E-state index in [0.29, 0.717) is 17.7 Å². The summed E-state index contributed by atoms with van der Waals surface area (Å²) in [7, 11) is 0. The lowest BCUT2D eigenvalue weighted by Gasteiger charge is -2.22. The number of benzene rings is 1. The molecule has 1 aromatic carbocycles. The first kappa shape index (κ1) is 16.8. The van der Waals surface area contributed by atoms with Crippen molar-refractivity contribution in [2.75, 3.05) is 6.61 Å². The molecule has 128 valence electrons. The normalized spacial score (nSPS) is 16.9. The highest BCUT2D eigenvalue weighted by Gasteiger charge is 2.32. The Morgan fingerprint density at radius 1 is 0.960 bits per heavy atom. The van der Waals surface area contributed by atoms with Crippen LogP contribution in [0.2, 0.25) is 0 Å². The lowest BCUT2D eigenvalue weighted by atomic mass is 9.81. The van der Waals surface area contributed by atoms with Gasteiger partial charge in [-0.05, 0) is 42.3 Å². The van der Waals surface area contributed by atoms with Gasteiger partial charge in [0.2, 0.25) is 0 Å². The van der Waals surface area contributed by atoms with Gasteiger partial charge in [0.25, 0.3) is 0 Å². The third-order valence-corrected chi connectivity index (χ3v) is 4.19. The summed E-state index contributed by atoms with van der Waals surface area (Å²) in [6, 6.07) is 7.25. The van der Waals surface area contributed by atoms with E-state index < -0.39 is 0 Å². The molecule has 0 spiro atoms. The standard InChI is InChI=1S/C20H20N2O3/c1-2-3-10-25-13-6-4-12(5-7-13)14-11-16(22)18-17(23)9-8-15(21)19(18)20(14)24/h4-9,11H,2-3,10,21-22H2,1H3.